The second kappa shape index (κ2) is 5.63. The van der Waals surface area contributed by atoms with Crippen molar-refractivity contribution >= 4 is 5.97 Å². The molecule has 0 aromatic carbocycles. The van der Waals surface area contributed by atoms with E-state index in [0.717, 1.165) is 4.68 Å². The molecule has 1 rings (SSSR count). The molecule has 0 aliphatic heterocycles. The average Bonchev–Trinajstić information content (AvgIpc) is 2.18. The lowest BCUT2D eigenvalue weighted by Gasteiger charge is -2.03. The van der Waals surface area contributed by atoms with Gasteiger partial charge in [-0.2, -0.15) is 23.3 Å². The van der Waals surface area contributed by atoms with Crippen molar-refractivity contribution in [3.63, 3.8) is 0 Å². The van der Waals surface area contributed by atoms with Gasteiger partial charge in [-0.05, 0) is 6.07 Å². The van der Waals surface area contributed by atoms with Gasteiger partial charge >= 0.3 is 11.2 Å². The maximum atomic E-state index is 10.5. The molecule has 1 aromatic rings. The molecule has 0 atom stereocenters. The van der Waals surface area contributed by atoms with Gasteiger partial charge < -0.3 is 9.90 Å². The Labute approximate surface area is 86.7 Å². The number of carboxylic acids is 1. The van der Waals surface area contributed by atoms with Gasteiger partial charge in [0.2, 0.25) is 12.4 Å². The van der Waals surface area contributed by atoms with Gasteiger partial charge in [-0.25, -0.2) is 0 Å². The van der Waals surface area contributed by atoms with E-state index in [9.17, 15) is 23.3 Å². The Bertz CT molecular complexity index is 366. The molecule has 0 aliphatic carbocycles. The number of aromatic nitrogens is 1. The summed E-state index contributed by atoms with van der Waals surface area (Å²) in [5, 5.41) is 18.3. The molecule has 0 spiro atoms. The number of hydrogen-bond acceptors (Lipinski definition) is 4. The van der Waals surface area contributed by atoms with E-state index in [4.69, 9.17) is 9.90 Å². The summed E-state index contributed by atoms with van der Waals surface area (Å²) in [5.74, 6) is -3.01. The molecule has 0 unspecified atom stereocenters. The van der Waals surface area contributed by atoms with Gasteiger partial charge in [0.25, 0.3) is 0 Å². The number of rotatable bonds is 1. The molecule has 0 fully saturated rings. The SMILES string of the molecule is O=C([O-])C(F)(F)F.O=[N+]([O-])[n+]1ccccc1. The molecule has 0 amide bonds. The van der Waals surface area contributed by atoms with Crippen LogP contribution in [0.4, 0.5) is 13.2 Å². The van der Waals surface area contributed by atoms with E-state index < -0.39 is 17.2 Å². The van der Waals surface area contributed by atoms with E-state index in [-0.39, 0.29) is 0 Å². The highest BCUT2D eigenvalue weighted by Crippen LogP contribution is 2.11. The van der Waals surface area contributed by atoms with E-state index in [0.29, 0.717) is 0 Å². The summed E-state index contributed by atoms with van der Waals surface area (Å²) in [5.41, 5.74) is 0. The van der Waals surface area contributed by atoms with Gasteiger partial charge in [0.05, 0.1) is 0 Å². The van der Waals surface area contributed by atoms with Crippen LogP contribution in [0.1, 0.15) is 0 Å². The van der Waals surface area contributed by atoms with Crippen LogP contribution in [0.15, 0.2) is 30.6 Å². The van der Waals surface area contributed by atoms with E-state index >= 15 is 0 Å². The van der Waals surface area contributed by atoms with Gasteiger partial charge in [0.15, 0.2) is 0 Å². The van der Waals surface area contributed by atoms with Crippen LogP contribution in [0.25, 0.3) is 0 Å². The number of carbonyl (C=O) groups is 1. The van der Waals surface area contributed by atoms with Gasteiger partial charge in [-0.15, -0.1) is 0 Å². The van der Waals surface area contributed by atoms with E-state index in [2.05, 4.69) is 0 Å². The first-order valence-corrected chi connectivity index (χ1v) is 3.64. The summed E-state index contributed by atoms with van der Waals surface area (Å²) in [7, 11) is 0. The minimum Gasteiger partial charge on any atom is -0.542 e. The molecular weight excluding hydrogens is 233 g/mol. The summed E-state index contributed by atoms with van der Waals surface area (Å²) in [6, 6.07) is 4.92. The number of alkyl halides is 3. The zero-order valence-corrected chi connectivity index (χ0v) is 7.55. The average molecular weight is 238 g/mol. The molecule has 9 heteroatoms. The summed E-state index contributed by atoms with van der Waals surface area (Å²) in [6.45, 7) is 0. The number of halogens is 3. The lowest BCUT2D eigenvalue weighted by molar-refractivity contribution is -1.19. The number of carboxylic acid groups (broad SMARTS) is 1. The van der Waals surface area contributed by atoms with Crippen LogP contribution < -0.4 is 9.78 Å². The third-order valence-electron chi connectivity index (χ3n) is 1.12. The van der Waals surface area contributed by atoms with Crippen molar-refractivity contribution in [3.05, 3.63) is 40.7 Å². The highest BCUT2D eigenvalue weighted by molar-refractivity contribution is 5.70. The monoisotopic (exact) mass is 238 g/mol. The van der Waals surface area contributed by atoms with Gasteiger partial charge in [-0.1, -0.05) is 0 Å². The molecular formula is C7H5F3N2O4. The lowest BCUT2D eigenvalue weighted by Crippen LogP contribution is -2.40. The Hall–Kier alpha value is -2.19. The van der Waals surface area contributed by atoms with Crippen LogP contribution in [0.3, 0.4) is 0 Å². The second-order valence-corrected chi connectivity index (χ2v) is 2.28. The van der Waals surface area contributed by atoms with E-state index in [1.807, 2.05) is 0 Å². The molecule has 16 heavy (non-hydrogen) atoms. The maximum absolute atomic E-state index is 10.5. The van der Waals surface area contributed by atoms with Crippen LogP contribution in [-0.2, 0) is 4.79 Å². The van der Waals surface area contributed by atoms with Crippen molar-refractivity contribution in [1.82, 2.24) is 0 Å². The lowest BCUT2D eigenvalue weighted by atomic mass is 10.5. The Morgan fingerprint density at radius 3 is 1.75 bits per heavy atom. The van der Waals surface area contributed by atoms with Crippen molar-refractivity contribution in [2.75, 3.05) is 0 Å². The third kappa shape index (κ3) is 5.52. The fourth-order valence-electron chi connectivity index (χ4n) is 0.498. The topological polar surface area (TPSA) is 87.1 Å². The quantitative estimate of drug-likeness (QED) is 0.368. The van der Waals surface area contributed by atoms with Crippen LogP contribution in [-0.4, -0.2) is 17.2 Å². The predicted octanol–water partition coefficient (Wildman–Crippen LogP) is -0.688. The molecule has 1 aromatic heterocycles. The summed E-state index contributed by atoms with van der Waals surface area (Å²) >= 11 is 0. The first-order valence-electron chi connectivity index (χ1n) is 3.64. The van der Waals surface area contributed by atoms with Crippen molar-refractivity contribution in [1.29, 1.82) is 0 Å². The molecule has 0 radical (unpaired) electrons. The summed E-state index contributed by atoms with van der Waals surface area (Å²) in [4.78, 5) is 18.8. The number of hydrogen-bond donors (Lipinski definition) is 0. The highest BCUT2D eigenvalue weighted by atomic mass is 19.4. The summed E-state index contributed by atoms with van der Waals surface area (Å²) < 4.78 is 32.4. The molecule has 0 bridgehead atoms. The summed E-state index contributed by atoms with van der Waals surface area (Å²) in [6.07, 6.45) is -2.44. The zero-order valence-electron chi connectivity index (χ0n) is 7.55. The van der Waals surface area contributed by atoms with Crippen molar-refractivity contribution in [2.45, 2.75) is 6.18 Å². The van der Waals surface area contributed by atoms with Crippen molar-refractivity contribution in [3.8, 4) is 0 Å². The minimum atomic E-state index is -5.19. The molecule has 6 nitrogen and oxygen atoms in total. The second-order valence-electron chi connectivity index (χ2n) is 2.28. The van der Waals surface area contributed by atoms with Crippen molar-refractivity contribution in [2.24, 2.45) is 0 Å². The molecule has 0 saturated carbocycles. The first kappa shape index (κ1) is 13.8. The number of nitrogens with zero attached hydrogens (tertiary/aromatic N) is 2. The fourth-order valence-corrected chi connectivity index (χ4v) is 0.498. The first-order chi connectivity index (χ1) is 7.25. The van der Waals surface area contributed by atoms with Crippen LogP contribution in [0.2, 0.25) is 0 Å². The zero-order chi connectivity index (χ0) is 12.8. The third-order valence-corrected chi connectivity index (χ3v) is 1.12. The normalized spacial score (nSPS) is 9.94. The van der Waals surface area contributed by atoms with Crippen molar-refractivity contribution < 1.29 is 32.8 Å². The van der Waals surface area contributed by atoms with Gasteiger partial charge in [0.1, 0.15) is 10.6 Å². The predicted molar refractivity (Wildman–Crippen MR) is 40.1 cm³/mol. The van der Waals surface area contributed by atoms with Crippen LogP contribution in [0.5, 0.6) is 0 Å². The Balaban J connectivity index is 0.000000293. The number of carbonyl (C=O) groups excluding carboxylic acids is 1. The molecule has 0 aliphatic rings. The Morgan fingerprint density at radius 2 is 1.56 bits per heavy atom. The molecule has 0 saturated heterocycles. The van der Waals surface area contributed by atoms with Gasteiger partial charge in [-0.3, -0.25) is 0 Å². The van der Waals surface area contributed by atoms with E-state index in [1.165, 1.54) is 12.4 Å². The van der Waals surface area contributed by atoms with E-state index in [1.54, 1.807) is 18.2 Å². The number of nitro groups is 1. The highest BCUT2D eigenvalue weighted by Gasteiger charge is 2.28. The minimum absolute atomic E-state index is 0.500. The molecule has 0 N–H and O–H groups in total. The maximum Gasteiger partial charge on any atom is 0.430 e. The van der Waals surface area contributed by atoms with Crippen LogP contribution in [0, 0.1) is 10.1 Å². The van der Waals surface area contributed by atoms with Crippen LogP contribution >= 0.6 is 0 Å². The fraction of sp³-hybridized carbons (Fsp3) is 0.143. The standard InChI is InChI=1S/C5H5N2O2.C2HF3O2/c8-7(9)6-4-2-1-3-5-6;3-2(4,5)1(6)7/h1-5H;(H,6,7)/q+1;/p-1. The number of aliphatic carboxylic acids is 1. The molecule has 1 heterocycles. The molecule has 88 valence electrons. The van der Waals surface area contributed by atoms with Gasteiger partial charge in [0, 0.05) is 12.1 Å². The smallest absolute Gasteiger partial charge is 0.430 e. The Morgan fingerprint density at radius 1 is 1.19 bits per heavy atom. The number of pyridine rings is 1. The Kier molecular flexibility index (Phi) is 4.86. The largest absolute Gasteiger partial charge is 0.542 e.